The second-order valence-corrected chi connectivity index (χ2v) is 7.89. The van der Waals surface area contributed by atoms with Crippen LogP contribution in [0.15, 0.2) is 30.5 Å². The van der Waals surface area contributed by atoms with E-state index in [0.29, 0.717) is 19.4 Å². The molecule has 1 aliphatic heterocycles. The summed E-state index contributed by atoms with van der Waals surface area (Å²) in [7, 11) is 0. The second kappa shape index (κ2) is 6.88. The molecule has 5 heteroatoms. The molecular formula is C21H27N3O2. The summed E-state index contributed by atoms with van der Waals surface area (Å²) in [6, 6.07) is 8.46. The quantitative estimate of drug-likeness (QED) is 0.888. The van der Waals surface area contributed by atoms with Gasteiger partial charge in [-0.05, 0) is 51.0 Å². The molecule has 2 N–H and O–H groups in total. The van der Waals surface area contributed by atoms with Crippen LogP contribution in [-0.4, -0.2) is 44.8 Å². The molecule has 5 nitrogen and oxygen atoms in total. The van der Waals surface area contributed by atoms with E-state index in [-0.39, 0.29) is 11.8 Å². The van der Waals surface area contributed by atoms with Gasteiger partial charge in [-0.3, -0.25) is 9.89 Å². The summed E-state index contributed by atoms with van der Waals surface area (Å²) in [5.74, 6) is 0.160. The predicted octanol–water partition coefficient (Wildman–Crippen LogP) is 3.40. The van der Waals surface area contributed by atoms with Crippen LogP contribution in [0, 0.1) is 6.92 Å². The first kappa shape index (κ1) is 17.3. The summed E-state index contributed by atoms with van der Waals surface area (Å²) in [4.78, 5) is 14.8. The summed E-state index contributed by atoms with van der Waals surface area (Å²) in [6.45, 7) is 3.48. The Bertz CT molecular complexity index is 775. The van der Waals surface area contributed by atoms with E-state index in [4.69, 9.17) is 0 Å². The molecule has 1 aliphatic carbocycles. The molecule has 2 fully saturated rings. The molecule has 1 saturated carbocycles. The molecule has 2 aliphatic rings. The van der Waals surface area contributed by atoms with Crippen LogP contribution in [0.1, 0.15) is 55.7 Å². The number of benzene rings is 1. The number of hydrogen-bond acceptors (Lipinski definition) is 3. The van der Waals surface area contributed by atoms with Gasteiger partial charge in [-0.2, -0.15) is 5.10 Å². The number of aromatic amines is 1. The lowest BCUT2D eigenvalue weighted by atomic mass is 9.89. The first-order valence-electron chi connectivity index (χ1n) is 9.69. The number of amides is 1. The summed E-state index contributed by atoms with van der Waals surface area (Å²) in [5.41, 5.74) is 3.47. The van der Waals surface area contributed by atoms with Crippen LogP contribution in [0.4, 0.5) is 0 Å². The Morgan fingerprint density at radius 2 is 1.96 bits per heavy atom. The zero-order valence-electron chi connectivity index (χ0n) is 15.4. The van der Waals surface area contributed by atoms with Crippen molar-refractivity contribution < 1.29 is 9.90 Å². The molecular weight excluding hydrogens is 326 g/mol. The Kier molecular flexibility index (Phi) is 4.57. The van der Waals surface area contributed by atoms with Crippen LogP contribution in [0.3, 0.4) is 0 Å². The van der Waals surface area contributed by atoms with Crippen molar-refractivity contribution >= 4 is 5.91 Å². The average molecular weight is 353 g/mol. The lowest BCUT2D eigenvalue weighted by Gasteiger charge is -2.36. The van der Waals surface area contributed by atoms with E-state index < -0.39 is 5.60 Å². The van der Waals surface area contributed by atoms with Gasteiger partial charge in [-0.15, -0.1) is 0 Å². The summed E-state index contributed by atoms with van der Waals surface area (Å²) >= 11 is 0. The Labute approximate surface area is 154 Å². The van der Waals surface area contributed by atoms with Crippen LogP contribution >= 0.6 is 0 Å². The van der Waals surface area contributed by atoms with Crippen LogP contribution in [0.25, 0.3) is 11.1 Å². The first-order valence-corrected chi connectivity index (χ1v) is 9.69. The van der Waals surface area contributed by atoms with E-state index in [1.165, 1.54) is 5.56 Å². The number of likely N-dealkylation sites (tertiary alicyclic amines) is 1. The number of carbonyl (C=O) groups is 1. The van der Waals surface area contributed by atoms with Crippen molar-refractivity contribution in [3.63, 3.8) is 0 Å². The summed E-state index contributed by atoms with van der Waals surface area (Å²) < 4.78 is 0. The molecule has 1 aromatic heterocycles. The number of aromatic nitrogens is 2. The summed E-state index contributed by atoms with van der Waals surface area (Å²) in [6.07, 6.45) is 6.96. The van der Waals surface area contributed by atoms with E-state index in [1.54, 1.807) is 0 Å². The maximum atomic E-state index is 12.9. The Morgan fingerprint density at radius 3 is 2.69 bits per heavy atom. The third-order valence-corrected chi connectivity index (χ3v) is 5.98. The highest BCUT2D eigenvalue weighted by molar-refractivity contribution is 5.85. The Morgan fingerprint density at radius 1 is 1.23 bits per heavy atom. The highest BCUT2D eigenvalue weighted by Crippen LogP contribution is 2.36. The highest BCUT2D eigenvalue weighted by Gasteiger charge is 2.42. The smallest absolute Gasteiger partial charge is 0.254 e. The molecule has 4 rings (SSSR count). The Balaban J connectivity index is 1.55. The fourth-order valence-corrected chi connectivity index (χ4v) is 4.44. The number of aryl methyl sites for hydroxylation is 1. The monoisotopic (exact) mass is 353 g/mol. The molecule has 26 heavy (non-hydrogen) atoms. The van der Waals surface area contributed by atoms with Gasteiger partial charge in [0.1, 0.15) is 5.60 Å². The molecule has 138 valence electrons. The van der Waals surface area contributed by atoms with Crippen molar-refractivity contribution in [3.05, 3.63) is 41.7 Å². The SMILES string of the molecule is Cc1ccc(-c2cn[nH]c2[C@@H]2CCCN(C(=O)C3(O)CCCC3)C2)cc1. The topological polar surface area (TPSA) is 69.2 Å². The van der Waals surface area contributed by atoms with Crippen LogP contribution in [0.5, 0.6) is 0 Å². The lowest BCUT2D eigenvalue weighted by molar-refractivity contribution is -0.152. The van der Waals surface area contributed by atoms with Gasteiger partial charge in [0.25, 0.3) is 5.91 Å². The number of aliphatic hydroxyl groups is 1. The molecule has 1 atom stereocenters. The van der Waals surface area contributed by atoms with E-state index in [1.807, 2.05) is 11.1 Å². The molecule has 1 amide bonds. The van der Waals surface area contributed by atoms with Crippen molar-refractivity contribution in [2.24, 2.45) is 0 Å². The zero-order valence-corrected chi connectivity index (χ0v) is 15.4. The summed E-state index contributed by atoms with van der Waals surface area (Å²) in [5, 5.41) is 18.1. The first-order chi connectivity index (χ1) is 12.6. The van der Waals surface area contributed by atoms with Gasteiger partial charge in [0.15, 0.2) is 0 Å². The second-order valence-electron chi connectivity index (χ2n) is 7.89. The van der Waals surface area contributed by atoms with Gasteiger partial charge in [0.2, 0.25) is 0 Å². The van der Waals surface area contributed by atoms with Crippen molar-refractivity contribution in [2.45, 2.75) is 57.0 Å². The van der Waals surface area contributed by atoms with Gasteiger partial charge in [-0.25, -0.2) is 0 Å². The van der Waals surface area contributed by atoms with E-state index >= 15 is 0 Å². The number of carbonyl (C=O) groups excluding carboxylic acids is 1. The van der Waals surface area contributed by atoms with Crippen molar-refractivity contribution in [2.75, 3.05) is 13.1 Å². The molecule has 0 spiro atoms. The minimum absolute atomic E-state index is 0.0731. The van der Waals surface area contributed by atoms with Gasteiger partial charge < -0.3 is 10.0 Å². The van der Waals surface area contributed by atoms with Gasteiger partial charge in [0.05, 0.1) is 6.20 Å². The number of piperidine rings is 1. The van der Waals surface area contributed by atoms with Crippen LogP contribution in [0.2, 0.25) is 0 Å². The number of hydrogen-bond donors (Lipinski definition) is 2. The van der Waals surface area contributed by atoms with Gasteiger partial charge in [0, 0.05) is 30.3 Å². The molecule has 2 heterocycles. The fraction of sp³-hybridized carbons (Fsp3) is 0.524. The minimum Gasteiger partial charge on any atom is -0.380 e. The maximum absolute atomic E-state index is 12.9. The normalized spacial score (nSPS) is 22.5. The van der Waals surface area contributed by atoms with E-state index in [2.05, 4.69) is 41.4 Å². The highest BCUT2D eigenvalue weighted by atomic mass is 16.3. The molecule has 1 saturated heterocycles. The molecule has 1 aromatic carbocycles. The molecule has 0 unspecified atom stereocenters. The number of H-pyrrole nitrogens is 1. The predicted molar refractivity (Wildman–Crippen MR) is 101 cm³/mol. The fourth-order valence-electron chi connectivity index (χ4n) is 4.44. The third-order valence-electron chi connectivity index (χ3n) is 5.98. The average Bonchev–Trinajstić information content (AvgIpc) is 3.32. The van der Waals surface area contributed by atoms with Crippen molar-refractivity contribution in [3.8, 4) is 11.1 Å². The number of nitrogens with one attached hydrogen (secondary N) is 1. The van der Waals surface area contributed by atoms with E-state index in [0.717, 1.165) is 49.0 Å². The molecule has 2 aromatic rings. The lowest BCUT2D eigenvalue weighted by Crippen LogP contribution is -2.50. The molecule has 0 bridgehead atoms. The Hall–Kier alpha value is -2.14. The maximum Gasteiger partial charge on any atom is 0.254 e. The standard InChI is InChI=1S/C21H27N3O2/c1-15-6-8-16(9-7-15)18-13-22-23-19(18)17-5-4-12-24(14-17)20(25)21(26)10-2-3-11-21/h6-9,13,17,26H,2-5,10-12,14H2,1H3,(H,22,23)/t17-/m1/s1. The van der Waals surface area contributed by atoms with Gasteiger partial charge >= 0.3 is 0 Å². The third kappa shape index (κ3) is 3.16. The van der Waals surface area contributed by atoms with Crippen molar-refractivity contribution in [1.82, 2.24) is 15.1 Å². The largest absolute Gasteiger partial charge is 0.380 e. The van der Waals surface area contributed by atoms with Crippen LogP contribution < -0.4 is 0 Å². The van der Waals surface area contributed by atoms with E-state index in [9.17, 15) is 9.90 Å². The number of rotatable bonds is 3. The van der Waals surface area contributed by atoms with Crippen LogP contribution in [-0.2, 0) is 4.79 Å². The van der Waals surface area contributed by atoms with Crippen molar-refractivity contribution in [1.29, 1.82) is 0 Å². The van der Waals surface area contributed by atoms with Gasteiger partial charge in [-0.1, -0.05) is 29.8 Å². The molecule has 0 radical (unpaired) electrons. The zero-order chi connectivity index (χ0) is 18.1. The minimum atomic E-state index is -1.13. The number of nitrogens with zero attached hydrogens (tertiary/aromatic N) is 2.